The highest BCUT2D eigenvalue weighted by molar-refractivity contribution is 6.30. The molecule has 2 N–H and O–H groups in total. The summed E-state index contributed by atoms with van der Waals surface area (Å²) < 4.78 is 0. The Labute approximate surface area is 111 Å². The number of halogens is 1. The molecule has 0 saturated carbocycles. The van der Waals surface area contributed by atoms with E-state index in [1.807, 2.05) is 6.92 Å². The van der Waals surface area contributed by atoms with Crippen molar-refractivity contribution < 1.29 is 14.7 Å². The van der Waals surface area contributed by atoms with Gasteiger partial charge in [0.1, 0.15) is 0 Å². The van der Waals surface area contributed by atoms with E-state index in [9.17, 15) is 9.59 Å². The summed E-state index contributed by atoms with van der Waals surface area (Å²) in [5.74, 6) is -1.94. The van der Waals surface area contributed by atoms with Crippen LogP contribution in [0.2, 0.25) is 5.02 Å². The minimum atomic E-state index is -0.999. The van der Waals surface area contributed by atoms with Crippen molar-refractivity contribution in [2.75, 3.05) is 6.54 Å². The average molecular weight is 270 g/mol. The van der Waals surface area contributed by atoms with Crippen LogP contribution in [-0.2, 0) is 9.59 Å². The Balaban J connectivity index is 2.86. The second kappa shape index (κ2) is 7.01. The first-order valence-corrected chi connectivity index (χ1v) is 6.17. The van der Waals surface area contributed by atoms with E-state index in [1.165, 1.54) is 0 Å². The van der Waals surface area contributed by atoms with Crippen molar-refractivity contribution in [2.24, 2.45) is 0 Å². The Morgan fingerprint density at radius 2 is 1.94 bits per heavy atom. The second-order valence-corrected chi connectivity index (χ2v) is 4.43. The molecule has 0 fully saturated rings. The fourth-order valence-corrected chi connectivity index (χ4v) is 1.73. The fraction of sp³-hybridized carbons (Fsp3) is 0.385. The summed E-state index contributed by atoms with van der Waals surface area (Å²) in [6.07, 6.45) is 0.587. The van der Waals surface area contributed by atoms with E-state index in [2.05, 4.69) is 5.32 Å². The predicted octanol–water partition coefficient (Wildman–Crippen LogP) is 2.42. The number of aliphatic carboxylic acids is 1. The van der Waals surface area contributed by atoms with Crippen molar-refractivity contribution in [2.45, 2.75) is 25.7 Å². The summed E-state index contributed by atoms with van der Waals surface area (Å²) in [5, 5.41) is 12.1. The summed E-state index contributed by atoms with van der Waals surface area (Å²) >= 11 is 5.77. The number of rotatable bonds is 6. The van der Waals surface area contributed by atoms with E-state index in [4.69, 9.17) is 16.7 Å². The average Bonchev–Trinajstić information content (AvgIpc) is 2.34. The molecule has 1 amide bonds. The standard InChI is InChI=1S/C13H16ClNO3/c1-2-7-15-13(18)11(8-12(16)17)9-3-5-10(14)6-4-9/h3-6,11H,2,7-8H2,1H3,(H,15,18)(H,16,17). The van der Waals surface area contributed by atoms with Crippen LogP contribution in [-0.4, -0.2) is 23.5 Å². The highest BCUT2D eigenvalue weighted by Gasteiger charge is 2.23. The minimum absolute atomic E-state index is 0.225. The lowest BCUT2D eigenvalue weighted by Crippen LogP contribution is -2.31. The van der Waals surface area contributed by atoms with E-state index in [0.717, 1.165) is 6.42 Å². The normalized spacial score (nSPS) is 11.9. The smallest absolute Gasteiger partial charge is 0.304 e. The quantitative estimate of drug-likeness (QED) is 0.833. The molecule has 1 atom stereocenters. The van der Waals surface area contributed by atoms with Crippen molar-refractivity contribution >= 4 is 23.5 Å². The van der Waals surface area contributed by atoms with Gasteiger partial charge in [-0.2, -0.15) is 0 Å². The number of carboxylic acid groups (broad SMARTS) is 1. The number of benzene rings is 1. The van der Waals surface area contributed by atoms with Gasteiger partial charge in [0.2, 0.25) is 5.91 Å². The van der Waals surface area contributed by atoms with Gasteiger partial charge < -0.3 is 10.4 Å². The van der Waals surface area contributed by atoms with Crippen LogP contribution in [0, 0.1) is 0 Å². The van der Waals surface area contributed by atoms with Crippen LogP contribution in [0.3, 0.4) is 0 Å². The summed E-state index contributed by atoms with van der Waals surface area (Å²) in [5.41, 5.74) is 0.662. The molecule has 0 aliphatic carbocycles. The van der Waals surface area contributed by atoms with Gasteiger partial charge in [-0.05, 0) is 24.1 Å². The first-order valence-electron chi connectivity index (χ1n) is 5.79. The monoisotopic (exact) mass is 269 g/mol. The zero-order chi connectivity index (χ0) is 13.5. The first-order chi connectivity index (χ1) is 8.54. The molecule has 18 heavy (non-hydrogen) atoms. The Bertz CT molecular complexity index is 417. The zero-order valence-corrected chi connectivity index (χ0v) is 10.9. The highest BCUT2D eigenvalue weighted by atomic mass is 35.5. The third-order valence-corrected chi connectivity index (χ3v) is 2.77. The van der Waals surface area contributed by atoms with Crippen LogP contribution in [0.15, 0.2) is 24.3 Å². The van der Waals surface area contributed by atoms with Crippen LogP contribution in [0.5, 0.6) is 0 Å². The lowest BCUT2D eigenvalue weighted by molar-refractivity contribution is -0.139. The number of nitrogens with one attached hydrogen (secondary N) is 1. The predicted molar refractivity (Wildman–Crippen MR) is 69.7 cm³/mol. The Kier molecular flexibility index (Phi) is 5.65. The lowest BCUT2D eigenvalue weighted by Gasteiger charge is -2.15. The number of carbonyl (C=O) groups is 2. The lowest BCUT2D eigenvalue weighted by atomic mass is 9.95. The van der Waals surface area contributed by atoms with Gasteiger partial charge in [0, 0.05) is 11.6 Å². The Morgan fingerprint density at radius 3 is 2.44 bits per heavy atom. The molecule has 0 aliphatic rings. The van der Waals surface area contributed by atoms with E-state index in [1.54, 1.807) is 24.3 Å². The van der Waals surface area contributed by atoms with E-state index in [-0.39, 0.29) is 12.3 Å². The van der Waals surface area contributed by atoms with Crippen LogP contribution in [0.1, 0.15) is 31.2 Å². The summed E-state index contributed by atoms with van der Waals surface area (Å²) in [7, 11) is 0. The third kappa shape index (κ3) is 4.37. The second-order valence-electron chi connectivity index (χ2n) is 3.99. The molecule has 0 heterocycles. The van der Waals surface area contributed by atoms with E-state index < -0.39 is 11.9 Å². The van der Waals surface area contributed by atoms with Crippen molar-refractivity contribution in [1.82, 2.24) is 5.32 Å². The van der Waals surface area contributed by atoms with Gasteiger partial charge in [-0.3, -0.25) is 9.59 Å². The molecule has 5 heteroatoms. The van der Waals surface area contributed by atoms with Gasteiger partial charge in [-0.1, -0.05) is 30.7 Å². The van der Waals surface area contributed by atoms with Crippen molar-refractivity contribution in [3.05, 3.63) is 34.9 Å². The van der Waals surface area contributed by atoms with Crippen LogP contribution in [0.4, 0.5) is 0 Å². The molecular weight excluding hydrogens is 254 g/mol. The molecule has 0 saturated heterocycles. The molecule has 1 rings (SSSR count). The van der Waals surface area contributed by atoms with Gasteiger partial charge in [0.05, 0.1) is 12.3 Å². The molecule has 0 aromatic heterocycles. The third-order valence-electron chi connectivity index (χ3n) is 2.52. The van der Waals surface area contributed by atoms with Crippen LogP contribution in [0.25, 0.3) is 0 Å². The van der Waals surface area contributed by atoms with Crippen molar-refractivity contribution in [3.63, 3.8) is 0 Å². The number of hydrogen-bond acceptors (Lipinski definition) is 2. The molecule has 1 aromatic rings. The van der Waals surface area contributed by atoms with E-state index >= 15 is 0 Å². The first kappa shape index (κ1) is 14.5. The minimum Gasteiger partial charge on any atom is -0.481 e. The fourth-order valence-electron chi connectivity index (χ4n) is 1.60. The van der Waals surface area contributed by atoms with Crippen molar-refractivity contribution in [1.29, 1.82) is 0 Å². The van der Waals surface area contributed by atoms with Gasteiger partial charge in [0.25, 0.3) is 0 Å². The van der Waals surface area contributed by atoms with Gasteiger partial charge in [-0.25, -0.2) is 0 Å². The van der Waals surface area contributed by atoms with Gasteiger partial charge >= 0.3 is 5.97 Å². The molecule has 4 nitrogen and oxygen atoms in total. The van der Waals surface area contributed by atoms with Crippen LogP contribution >= 0.6 is 11.6 Å². The maximum absolute atomic E-state index is 11.9. The maximum Gasteiger partial charge on any atom is 0.304 e. The van der Waals surface area contributed by atoms with Gasteiger partial charge in [-0.15, -0.1) is 0 Å². The van der Waals surface area contributed by atoms with Gasteiger partial charge in [0.15, 0.2) is 0 Å². The largest absolute Gasteiger partial charge is 0.481 e. The summed E-state index contributed by atoms with van der Waals surface area (Å²) in [6.45, 7) is 2.48. The SMILES string of the molecule is CCCNC(=O)C(CC(=O)O)c1ccc(Cl)cc1. The molecular formula is C13H16ClNO3. The Morgan fingerprint density at radius 1 is 1.33 bits per heavy atom. The summed E-state index contributed by atoms with van der Waals surface area (Å²) in [4.78, 5) is 22.7. The number of amides is 1. The Hall–Kier alpha value is -1.55. The number of hydrogen-bond donors (Lipinski definition) is 2. The molecule has 0 spiro atoms. The molecule has 0 radical (unpaired) electrons. The van der Waals surface area contributed by atoms with E-state index in [0.29, 0.717) is 17.1 Å². The molecule has 1 unspecified atom stereocenters. The molecule has 1 aromatic carbocycles. The number of carbonyl (C=O) groups excluding carboxylic acids is 1. The van der Waals surface area contributed by atoms with Crippen molar-refractivity contribution in [3.8, 4) is 0 Å². The highest BCUT2D eigenvalue weighted by Crippen LogP contribution is 2.22. The zero-order valence-electron chi connectivity index (χ0n) is 10.1. The topological polar surface area (TPSA) is 66.4 Å². The number of carboxylic acids is 1. The molecule has 0 bridgehead atoms. The molecule has 98 valence electrons. The van der Waals surface area contributed by atoms with Crippen LogP contribution < -0.4 is 5.32 Å². The maximum atomic E-state index is 11.9. The molecule has 0 aliphatic heterocycles. The summed E-state index contributed by atoms with van der Waals surface area (Å²) in [6, 6.07) is 6.67.